The highest BCUT2D eigenvalue weighted by Crippen LogP contribution is 2.50. The van der Waals surface area contributed by atoms with Gasteiger partial charge in [0.25, 0.3) is 15.9 Å². The van der Waals surface area contributed by atoms with E-state index in [0.29, 0.717) is 29.2 Å². The number of methoxy groups -OCH3 is 2. The number of urea groups is 1. The van der Waals surface area contributed by atoms with Crippen molar-refractivity contribution in [2.45, 2.75) is 36.2 Å². The lowest BCUT2D eigenvalue weighted by atomic mass is 9.82. The first kappa shape index (κ1) is 39.5. The predicted octanol–water partition coefficient (Wildman–Crippen LogP) is 3.88. The van der Waals surface area contributed by atoms with E-state index in [2.05, 4.69) is 21.6 Å². The third kappa shape index (κ3) is 7.14. The summed E-state index contributed by atoms with van der Waals surface area (Å²) in [5, 5.41) is 16.3. The Kier molecular flexibility index (Phi) is 12.7. The Morgan fingerprint density at radius 1 is 0.961 bits per heavy atom. The van der Waals surface area contributed by atoms with E-state index in [9.17, 15) is 18.5 Å². The molecule has 2 fully saturated rings. The largest absolute Gasteiger partial charge is 0.497 e. The summed E-state index contributed by atoms with van der Waals surface area (Å²) in [6, 6.07) is 17.1. The molecule has 3 amide bonds. The summed E-state index contributed by atoms with van der Waals surface area (Å²) in [4.78, 5) is 33.3. The number of carbonyl (C=O) groups excluding carboxylic acids is 2. The van der Waals surface area contributed by atoms with E-state index in [1.54, 1.807) is 36.1 Å². The predicted molar refractivity (Wildman–Crippen MR) is 196 cm³/mol. The zero-order valence-electron chi connectivity index (χ0n) is 28.6. The van der Waals surface area contributed by atoms with Crippen molar-refractivity contribution in [1.29, 1.82) is 5.26 Å². The molecule has 0 radical (unpaired) electrons. The van der Waals surface area contributed by atoms with Gasteiger partial charge < -0.3 is 29.7 Å². The summed E-state index contributed by atoms with van der Waals surface area (Å²) in [6.45, 7) is 6.68. The van der Waals surface area contributed by atoms with Crippen LogP contribution in [0.3, 0.4) is 0 Å². The van der Waals surface area contributed by atoms with E-state index in [4.69, 9.17) is 14.2 Å². The number of ether oxygens (including phenoxy) is 3. The van der Waals surface area contributed by atoms with Crippen LogP contribution in [0.25, 0.3) is 0 Å². The lowest BCUT2D eigenvalue weighted by molar-refractivity contribution is -0.121. The third-order valence-corrected chi connectivity index (χ3v) is 11.2. The number of halogens is 2. The number of rotatable bonds is 9. The van der Waals surface area contributed by atoms with Gasteiger partial charge in [-0.05, 0) is 56.2 Å². The third-order valence-electron chi connectivity index (χ3n) is 9.45. The number of hydrogen-bond donors (Lipinski definition) is 2. The SMILES string of the molecule is CCOc1ccccc1C1(NC(=O)N2CCC(N3CCNCC3)CC2)C(=O)N(S(=O)(=O)c2ccc(OC)cc2OC)c2ccc(C#N)cc21.Cl.Cl. The average molecular weight is 762 g/mol. The molecule has 2 saturated heterocycles. The van der Waals surface area contributed by atoms with Crippen LogP contribution in [0.1, 0.15) is 36.5 Å². The quantitative estimate of drug-likeness (QED) is 0.329. The molecule has 16 heteroatoms. The summed E-state index contributed by atoms with van der Waals surface area (Å²) >= 11 is 0. The first-order chi connectivity index (χ1) is 23.7. The van der Waals surface area contributed by atoms with Gasteiger partial charge in [0, 0.05) is 62.5 Å². The van der Waals surface area contributed by atoms with Crippen LogP contribution in [0.2, 0.25) is 0 Å². The van der Waals surface area contributed by atoms with Gasteiger partial charge in [0.15, 0.2) is 5.54 Å². The summed E-state index contributed by atoms with van der Waals surface area (Å²) < 4.78 is 46.6. The van der Waals surface area contributed by atoms with Gasteiger partial charge in [-0.2, -0.15) is 9.57 Å². The number of fused-ring (bicyclic) bond motifs is 1. The van der Waals surface area contributed by atoms with Gasteiger partial charge >= 0.3 is 6.03 Å². The molecule has 51 heavy (non-hydrogen) atoms. The van der Waals surface area contributed by atoms with Gasteiger partial charge in [-0.25, -0.2) is 13.2 Å². The number of amides is 3. The van der Waals surface area contributed by atoms with Crippen LogP contribution < -0.4 is 29.1 Å². The molecule has 0 saturated carbocycles. The smallest absolute Gasteiger partial charge is 0.318 e. The van der Waals surface area contributed by atoms with Gasteiger partial charge in [0.05, 0.1) is 38.1 Å². The maximum absolute atomic E-state index is 15.2. The molecule has 0 aromatic heterocycles. The Bertz CT molecular complexity index is 1900. The molecule has 13 nitrogen and oxygen atoms in total. The summed E-state index contributed by atoms with van der Waals surface area (Å²) in [7, 11) is -1.91. The minimum Gasteiger partial charge on any atom is -0.497 e. The fourth-order valence-electron chi connectivity index (χ4n) is 7.01. The second-order valence-electron chi connectivity index (χ2n) is 12.0. The van der Waals surface area contributed by atoms with E-state index >= 15 is 4.79 Å². The lowest BCUT2D eigenvalue weighted by Crippen LogP contribution is -2.59. The van der Waals surface area contributed by atoms with Crippen molar-refractivity contribution in [2.75, 3.05) is 64.4 Å². The molecule has 1 atom stereocenters. The molecule has 3 heterocycles. The number of likely N-dealkylation sites (tertiary alicyclic amines) is 1. The number of anilines is 1. The normalized spacial score (nSPS) is 19.2. The number of hydrogen-bond acceptors (Lipinski definition) is 10. The van der Waals surface area contributed by atoms with E-state index in [-0.39, 0.29) is 70.2 Å². The number of sulfonamides is 1. The van der Waals surface area contributed by atoms with Crippen LogP contribution >= 0.6 is 24.8 Å². The monoisotopic (exact) mass is 760 g/mol. The van der Waals surface area contributed by atoms with Crippen molar-refractivity contribution in [2.24, 2.45) is 0 Å². The molecule has 3 aromatic rings. The molecule has 3 aromatic carbocycles. The summed E-state index contributed by atoms with van der Waals surface area (Å²) in [6.07, 6.45) is 1.52. The van der Waals surface area contributed by atoms with Crippen LogP contribution in [0.15, 0.2) is 65.6 Å². The van der Waals surface area contributed by atoms with Gasteiger partial charge in [0.2, 0.25) is 0 Å². The Hall–Kier alpha value is -4.26. The number of para-hydroxylation sites is 1. The Morgan fingerprint density at radius 3 is 2.31 bits per heavy atom. The Labute approximate surface area is 310 Å². The van der Waals surface area contributed by atoms with Crippen molar-refractivity contribution in [3.8, 4) is 23.3 Å². The van der Waals surface area contributed by atoms with Crippen LogP contribution in [0, 0.1) is 11.3 Å². The average Bonchev–Trinajstić information content (AvgIpc) is 3.39. The highest BCUT2D eigenvalue weighted by Gasteiger charge is 2.59. The van der Waals surface area contributed by atoms with Crippen molar-refractivity contribution >= 4 is 52.5 Å². The van der Waals surface area contributed by atoms with Crippen molar-refractivity contribution < 1.29 is 32.2 Å². The maximum atomic E-state index is 15.2. The zero-order valence-corrected chi connectivity index (χ0v) is 31.0. The molecular formula is C35H42Cl2N6O7S. The lowest BCUT2D eigenvalue weighted by Gasteiger charge is -2.41. The number of nitrogens with zero attached hydrogens (tertiary/aromatic N) is 4. The minimum atomic E-state index is -4.67. The molecule has 0 bridgehead atoms. The van der Waals surface area contributed by atoms with E-state index in [1.807, 2.05) is 0 Å². The second kappa shape index (κ2) is 16.4. The van der Waals surface area contributed by atoms with E-state index in [0.717, 1.165) is 39.0 Å². The first-order valence-corrected chi connectivity index (χ1v) is 17.7. The summed E-state index contributed by atoms with van der Waals surface area (Å²) in [5.41, 5.74) is -1.54. The van der Waals surface area contributed by atoms with Crippen LogP contribution in [-0.2, 0) is 20.4 Å². The molecule has 6 rings (SSSR count). The minimum absolute atomic E-state index is 0. The molecule has 0 spiro atoms. The van der Waals surface area contributed by atoms with Crippen LogP contribution in [0.5, 0.6) is 17.2 Å². The standard InChI is InChI=1S/C35H40N6O7S.2ClH/c1-4-48-30-8-6-5-7-27(30)35(38-34(43)40-17-13-25(14-18-40)39-19-15-37-16-20-39)28-21-24(23-36)9-11-29(28)41(33(35)42)49(44,45)32-12-10-26(46-2)22-31(32)47-3;;/h5-12,21-22,25,37H,4,13-20H2,1-3H3,(H,38,43);2*1H. The number of piperazine rings is 1. The van der Waals surface area contributed by atoms with E-state index < -0.39 is 27.5 Å². The number of nitriles is 1. The number of piperidine rings is 1. The van der Waals surface area contributed by atoms with Gasteiger partial charge in [0.1, 0.15) is 22.1 Å². The van der Waals surface area contributed by atoms with Crippen molar-refractivity contribution in [3.63, 3.8) is 0 Å². The number of carbonyl (C=O) groups is 2. The number of nitrogens with one attached hydrogen (secondary N) is 2. The molecule has 3 aliphatic rings. The van der Waals surface area contributed by atoms with Gasteiger partial charge in [-0.15, -0.1) is 24.8 Å². The molecule has 274 valence electrons. The van der Waals surface area contributed by atoms with Crippen molar-refractivity contribution in [3.05, 3.63) is 77.4 Å². The topological polar surface area (TPSA) is 154 Å². The fraction of sp³-hybridized carbons (Fsp3) is 0.400. The Balaban J connectivity index is 0.00000292. The number of benzene rings is 3. The fourth-order valence-corrected chi connectivity index (χ4v) is 8.62. The molecular weight excluding hydrogens is 719 g/mol. The molecule has 2 N–H and O–H groups in total. The molecule has 0 aliphatic carbocycles. The highest BCUT2D eigenvalue weighted by molar-refractivity contribution is 7.93. The van der Waals surface area contributed by atoms with Gasteiger partial charge in [-0.3, -0.25) is 9.69 Å². The van der Waals surface area contributed by atoms with Crippen molar-refractivity contribution in [1.82, 2.24) is 20.4 Å². The first-order valence-electron chi connectivity index (χ1n) is 16.3. The van der Waals surface area contributed by atoms with E-state index in [1.165, 1.54) is 50.6 Å². The highest BCUT2D eigenvalue weighted by atomic mass is 35.5. The molecule has 1 unspecified atom stereocenters. The molecule has 3 aliphatic heterocycles. The zero-order chi connectivity index (χ0) is 34.8. The second-order valence-corrected chi connectivity index (χ2v) is 13.8. The maximum Gasteiger partial charge on any atom is 0.318 e. The van der Waals surface area contributed by atoms with Gasteiger partial charge in [-0.1, -0.05) is 18.2 Å². The van der Waals surface area contributed by atoms with Crippen LogP contribution in [0.4, 0.5) is 10.5 Å². The summed E-state index contributed by atoms with van der Waals surface area (Å²) in [5.74, 6) is -0.348. The van der Waals surface area contributed by atoms with Crippen LogP contribution in [-0.4, -0.2) is 96.3 Å². The Morgan fingerprint density at radius 2 is 1.67 bits per heavy atom.